The highest BCUT2D eigenvalue weighted by atomic mass is 16.2. The molecule has 1 amide bonds. The van der Waals surface area contributed by atoms with Gasteiger partial charge in [0.15, 0.2) is 0 Å². The molecule has 0 radical (unpaired) electrons. The Bertz CT molecular complexity index is 178. The molecule has 0 aromatic carbocycles. The van der Waals surface area contributed by atoms with Crippen molar-refractivity contribution in [2.45, 2.75) is 51.5 Å². The number of hydrogen-bond donors (Lipinski definition) is 1. The molecule has 0 unspecified atom stereocenters. The molecule has 0 saturated heterocycles. The molecule has 1 rings (SSSR count). The first-order chi connectivity index (χ1) is 6.79. The number of hydrogen-bond acceptors (Lipinski definition) is 2. The third-order valence-corrected chi connectivity index (χ3v) is 2.74. The molecule has 1 fully saturated rings. The van der Waals surface area contributed by atoms with Crippen LogP contribution in [-0.2, 0) is 4.79 Å². The molecule has 0 atom stereocenters. The van der Waals surface area contributed by atoms with Crippen LogP contribution >= 0.6 is 0 Å². The molecule has 3 heteroatoms. The Morgan fingerprint density at radius 3 is 2.57 bits per heavy atom. The van der Waals surface area contributed by atoms with Crippen LogP contribution < -0.4 is 5.73 Å². The van der Waals surface area contributed by atoms with Gasteiger partial charge in [0.1, 0.15) is 0 Å². The molecule has 0 aromatic heterocycles. The van der Waals surface area contributed by atoms with Crippen molar-refractivity contribution in [2.75, 3.05) is 13.1 Å². The van der Waals surface area contributed by atoms with Crippen molar-refractivity contribution >= 4 is 5.91 Å². The normalized spacial score (nSPS) is 15.6. The third kappa shape index (κ3) is 3.66. The Morgan fingerprint density at radius 1 is 1.36 bits per heavy atom. The van der Waals surface area contributed by atoms with E-state index in [9.17, 15) is 4.79 Å². The largest absolute Gasteiger partial charge is 0.340 e. The van der Waals surface area contributed by atoms with Gasteiger partial charge in [-0.05, 0) is 39.2 Å². The van der Waals surface area contributed by atoms with Crippen molar-refractivity contribution in [2.24, 2.45) is 5.73 Å². The number of amides is 1. The maximum Gasteiger partial charge on any atom is 0.222 e. The molecule has 1 aliphatic carbocycles. The lowest BCUT2D eigenvalue weighted by molar-refractivity contribution is -0.131. The van der Waals surface area contributed by atoms with Gasteiger partial charge >= 0.3 is 0 Å². The molecular formula is C11H22N2O. The summed E-state index contributed by atoms with van der Waals surface area (Å²) in [5.74, 6) is 0.340. The first-order valence-electron chi connectivity index (χ1n) is 5.79. The molecule has 2 N–H and O–H groups in total. The number of carbonyl (C=O) groups is 1. The van der Waals surface area contributed by atoms with Crippen molar-refractivity contribution in [1.82, 2.24) is 4.90 Å². The smallest absolute Gasteiger partial charge is 0.222 e. The molecule has 82 valence electrons. The molecule has 14 heavy (non-hydrogen) atoms. The van der Waals surface area contributed by atoms with E-state index in [1.807, 2.05) is 4.90 Å². The average molecular weight is 198 g/mol. The fourth-order valence-electron chi connectivity index (χ4n) is 1.77. The Kier molecular flexibility index (Phi) is 4.94. The number of nitrogens with two attached hydrogens (primary N) is 1. The number of rotatable bonds is 7. The van der Waals surface area contributed by atoms with Crippen LogP contribution in [0.2, 0.25) is 0 Å². The van der Waals surface area contributed by atoms with E-state index >= 15 is 0 Å². The summed E-state index contributed by atoms with van der Waals surface area (Å²) in [5.41, 5.74) is 5.39. The highest BCUT2D eigenvalue weighted by molar-refractivity contribution is 5.76. The Balaban J connectivity index is 2.12. The topological polar surface area (TPSA) is 46.3 Å². The van der Waals surface area contributed by atoms with Crippen LogP contribution in [0, 0.1) is 0 Å². The van der Waals surface area contributed by atoms with Crippen molar-refractivity contribution in [3.05, 3.63) is 0 Å². The van der Waals surface area contributed by atoms with Crippen LogP contribution in [0.4, 0.5) is 0 Å². The summed E-state index contributed by atoms with van der Waals surface area (Å²) in [4.78, 5) is 13.7. The lowest BCUT2D eigenvalue weighted by Crippen LogP contribution is -2.32. The minimum Gasteiger partial charge on any atom is -0.340 e. The van der Waals surface area contributed by atoms with Gasteiger partial charge in [-0.15, -0.1) is 0 Å². The summed E-state index contributed by atoms with van der Waals surface area (Å²) in [6.45, 7) is 3.69. The predicted octanol–water partition coefficient (Wildman–Crippen LogP) is 1.52. The lowest BCUT2D eigenvalue weighted by Gasteiger charge is -2.20. The van der Waals surface area contributed by atoms with Crippen molar-refractivity contribution in [3.63, 3.8) is 0 Å². The zero-order chi connectivity index (χ0) is 10.4. The van der Waals surface area contributed by atoms with E-state index < -0.39 is 0 Å². The minimum atomic E-state index is 0.340. The van der Waals surface area contributed by atoms with E-state index in [-0.39, 0.29) is 0 Å². The van der Waals surface area contributed by atoms with E-state index in [1.54, 1.807) is 0 Å². The van der Waals surface area contributed by atoms with Crippen LogP contribution in [0.15, 0.2) is 0 Å². The Hall–Kier alpha value is -0.570. The second-order valence-corrected chi connectivity index (χ2v) is 4.01. The Morgan fingerprint density at radius 2 is 2.07 bits per heavy atom. The molecule has 0 heterocycles. The summed E-state index contributed by atoms with van der Waals surface area (Å²) >= 11 is 0. The van der Waals surface area contributed by atoms with Gasteiger partial charge in [-0.25, -0.2) is 0 Å². The standard InChI is InChI=1S/C11H22N2O/c1-2-13(10-7-8-10)11(14)6-4-3-5-9-12/h10H,2-9,12H2,1H3. The van der Waals surface area contributed by atoms with Crippen LogP contribution in [0.5, 0.6) is 0 Å². The molecule has 3 nitrogen and oxygen atoms in total. The molecule has 0 spiro atoms. The quantitative estimate of drug-likeness (QED) is 0.630. The SMILES string of the molecule is CCN(C(=O)CCCCCN)C1CC1. The van der Waals surface area contributed by atoms with Crippen molar-refractivity contribution < 1.29 is 4.79 Å². The summed E-state index contributed by atoms with van der Waals surface area (Å²) in [6.07, 6.45) is 6.27. The molecule has 1 saturated carbocycles. The molecule has 0 aliphatic heterocycles. The Labute approximate surface area is 86.6 Å². The van der Waals surface area contributed by atoms with E-state index in [0.29, 0.717) is 18.4 Å². The van der Waals surface area contributed by atoms with E-state index in [0.717, 1.165) is 32.4 Å². The lowest BCUT2D eigenvalue weighted by atomic mass is 10.2. The fraction of sp³-hybridized carbons (Fsp3) is 0.909. The molecule has 0 bridgehead atoms. The summed E-state index contributed by atoms with van der Waals surface area (Å²) in [7, 11) is 0. The third-order valence-electron chi connectivity index (χ3n) is 2.74. The zero-order valence-electron chi connectivity index (χ0n) is 9.17. The van der Waals surface area contributed by atoms with E-state index in [4.69, 9.17) is 5.73 Å². The maximum absolute atomic E-state index is 11.7. The molecule has 1 aliphatic rings. The highest BCUT2D eigenvalue weighted by Crippen LogP contribution is 2.27. The number of carbonyl (C=O) groups excluding carboxylic acids is 1. The zero-order valence-corrected chi connectivity index (χ0v) is 9.17. The maximum atomic E-state index is 11.7. The van der Waals surface area contributed by atoms with Gasteiger partial charge in [0.25, 0.3) is 0 Å². The van der Waals surface area contributed by atoms with Gasteiger partial charge in [0.2, 0.25) is 5.91 Å². The van der Waals surface area contributed by atoms with E-state index in [2.05, 4.69) is 6.92 Å². The van der Waals surface area contributed by atoms with Gasteiger partial charge in [0, 0.05) is 19.0 Å². The highest BCUT2D eigenvalue weighted by Gasteiger charge is 2.30. The number of unbranched alkanes of at least 4 members (excludes halogenated alkanes) is 2. The van der Waals surface area contributed by atoms with Gasteiger partial charge in [-0.1, -0.05) is 6.42 Å². The first-order valence-corrected chi connectivity index (χ1v) is 5.79. The van der Waals surface area contributed by atoms with Crippen LogP contribution in [-0.4, -0.2) is 29.9 Å². The van der Waals surface area contributed by atoms with Gasteiger partial charge in [-0.2, -0.15) is 0 Å². The van der Waals surface area contributed by atoms with Gasteiger partial charge in [0.05, 0.1) is 0 Å². The average Bonchev–Trinajstić information content (AvgIpc) is 2.98. The van der Waals surface area contributed by atoms with Crippen molar-refractivity contribution in [1.29, 1.82) is 0 Å². The van der Waals surface area contributed by atoms with Crippen LogP contribution in [0.25, 0.3) is 0 Å². The minimum absolute atomic E-state index is 0.340. The number of nitrogens with zero attached hydrogens (tertiary/aromatic N) is 1. The van der Waals surface area contributed by atoms with Crippen molar-refractivity contribution in [3.8, 4) is 0 Å². The van der Waals surface area contributed by atoms with E-state index in [1.165, 1.54) is 12.8 Å². The summed E-state index contributed by atoms with van der Waals surface area (Å²) < 4.78 is 0. The fourth-order valence-corrected chi connectivity index (χ4v) is 1.77. The van der Waals surface area contributed by atoms with Gasteiger partial charge < -0.3 is 10.6 Å². The molecule has 0 aromatic rings. The summed E-state index contributed by atoms with van der Waals surface area (Å²) in [6, 6.07) is 0.571. The molecular weight excluding hydrogens is 176 g/mol. The van der Waals surface area contributed by atoms with Gasteiger partial charge in [-0.3, -0.25) is 4.79 Å². The predicted molar refractivity (Wildman–Crippen MR) is 57.9 cm³/mol. The second-order valence-electron chi connectivity index (χ2n) is 4.01. The monoisotopic (exact) mass is 198 g/mol. The second kappa shape index (κ2) is 6.02. The first kappa shape index (κ1) is 11.5. The van der Waals surface area contributed by atoms with Crippen LogP contribution in [0.3, 0.4) is 0 Å². The van der Waals surface area contributed by atoms with Crippen LogP contribution in [0.1, 0.15) is 45.4 Å². The summed E-state index contributed by atoms with van der Waals surface area (Å²) in [5, 5.41) is 0.